The number of hydrogen-bond acceptors (Lipinski definition) is 5. The van der Waals surface area contributed by atoms with Crippen LogP contribution in [0.4, 0.5) is 0 Å². The number of carbonyl (C=O) groups excluding carboxylic acids is 1. The molecule has 1 amide bonds. The van der Waals surface area contributed by atoms with Crippen molar-refractivity contribution >= 4 is 21.8 Å². The number of aromatic amines is 1. The van der Waals surface area contributed by atoms with E-state index in [1.54, 1.807) is 14.2 Å². The molecule has 27 heavy (non-hydrogen) atoms. The average molecular weight is 440 g/mol. The standard InChI is InChI=1S/C19H26BrN3O4/c1-11(2)17-16(20)18(23-22-17)19(24)21-12(3)13-6-7-14(15(10-13)26-5)27-9-8-25-4/h6-7,10-12H,8-9H2,1-5H3,(H,21,24)(H,22,23). The molecule has 0 saturated carbocycles. The molecule has 1 aromatic carbocycles. The van der Waals surface area contributed by atoms with Gasteiger partial charge in [0.1, 0.15) is 6.61 Å². The van der Waals surface area contributed by atoms with Gasteiger partial charge in [-0.3, -0.25) is 9.89 Å². The van der Waals surface area contributed by atoms with E-state index in [0.29, 0.717) is 34.9 Å². The van der Waals surface area contributed by atoms with Crippen molar-refractivity contribution < 1.29 is 19.0 Å². The van der Waals surface area contributed by atoms with Gasteiger partial charge in [0.2, 0.25) is 0 Å². The highest BCUT2D eigenvalue weighted by Gasteiger charge is 2.21. The van der Waals surface area contributed by atoms with Crippen LogP contribution in [0.5, 0.6) is 11.5 Å². The maximum atomic E-state index is 12.6. The van der Waals surface area contributed by atoms with Crippen LogP contribution in [0.3, 0.4) is 0 Å². The second kappa shape index (κ2) is 9.75. The summed E-state index contributed by atoms with van der Waals surface area (Å²) in [6.45, 7) is 6.90. The van der Waals surface area contributed by atoms with Gasteiger partial charge in [-0.1, -0.05) is 19.9 Å². The summed E-state index contributed by atoms with van der Waals surface area (Å²) >= 11 is 3.46. The maximum Gasteiger partial charge on any atom is 0.273 e. The van der Waals surface area contributed by atoms with Crippen LogP contribution in [0.1, 0.15) is 54.5 Å². The highest BCUT2D eigenvalue weighted by molar-refractivity contribution is 9.10. The van der Waals surface area contributed by atoms with Gasteiger partial charge in [-0.2, -0.15) is 5.10 Å². The lowest BCUT2D eigenvalue weighted by Crippen LogP contribution is -2.27. The molecule has 1 atom stereocenters. The predicted molar refractivity (Wildman–Crippen MR) is 107 cm³/mol. The van der Waals surface area contributed by atoms with Crippen molar-refractivity contribution in [2.24, 2.45) is 0 Å². The first-order valence-electron chi connectivity index (χ1n) is 8.73. The Hall–Kier alpha value is -2.06. The first-order valence-corrected chi connectivity index (χ1v) is 9.52. The van der Waals surface area contributed by atoms with Crippen molar-refractivity contribution in [1.82, 2.24) is 15.5 Å². The fourth-order valence-electron chi connectivity index (χ4n) is 2.53. The molecule has 2 rings (SSSR count). The Labute approximate surface area is 167 Å². The molecule has 2 N–H and O–H groups in total. The van der Waals surface area contributed by atoms with Gasteiger partial charge in [-0.15, -0.1) is 0 Å². The van der Waals surface area contributed by atoms with Crippen LogP contribution < -0.4 is 14.8 Å². The van der Waals surface area contributed by atoms with Crippen molar-refractivity contribution in [3.8, 4) is 11.5 Å². The van der Waals surface area contributed by atoms with Crippen LogP contribution in [0, 0.1) is 0 Å². The topological polar surface area (TPSA) is 85.5 Å². The van der Waals surface area contributed by atoms with Crippen LogP contribution in [0.25, 0.3) is 0 Å². The fourth-order valence-corrected chi connectivity index (χ4v) is 3.35. The SMILES string of the molecule is COCCOc1ccc(C(C)NC(=O)c2n[nH]c(C(C)C)c2Br)cc1OC. The molecule has 0 radical (unpaired) electrons. The van der Waals surface area contributed by atoms with Gasteiger partial charge in [0.25, 0.3) is 5.91 Å². The summed E-state index contributed by atoms with van der Waals surface area (Å²) in [6.07, 6.45) is 0. The number of hydrogen-bond donors (Lipinski definition) is 2. The van der Waals surface area contributed by atoms with Gasteiger partial charge < -0.3 is 19.5 Å². The lowest BCUT2D eigenvalue weighted by Gasteiger charge is -2.17. The quantitative estimate of drug-likeness (QED) is 0.579. The molecule has 0 aliphatic rings. The smallest absolute Gasteiger partial charge is 0.273 e. The monoisotopic (exact) mass is 439 g/mol. The molecule has 1 unspecified atom stereocenters. The maximum absolute atomic E-state index is 12.6. The zero-order valence-corrected chi connectivity index (χ0v) is 17.8. The number of ether oxygens (including phenoxy) is 3. The number of benzene rings is 1. The second-order valence-electron chi connectivity index (χ2n) is 6.40. The Bertz CT molecular complexity index is 776. The highest BCUT2D eigenvalue weighted by Crippen LogP contribution is 2.31. The lowest BCUT2D eigenvalue weighted by atomic mass is 10.1. The van der Waals surface area contributed by atoms with Gasteiger partial charge in [-0.05, 0) is 46.5 Å². The minimum Gasteiger partial charge on any atom is -0.493 e. The summed E-state index contributed by atoms with van der Waals surface area (Å²) in [5, 5.41) is 10.0. The van der Waals surface area contributed by atoms with Gasteiger partial charge in [0.15, 0.2) is 17.2 Å². The van der Waals surface area contributed by atoms with Crippen LogP contribution in [0.2, 0.25) is 0 Å². The minimum atomic E-state index is -0.253. The molecule has 0 aliphatic carbocycles. The molecule has 8 heteroatoms. The van der Waals surface area contributed by atoms with E-state index >= 15 is 0 Å². The Kier molecular flexibility index (Phi) is 7.67. The molecule has 0 fully saturated rings. The van der Waals surface area contributed by atoms with Gasteiger partial charge in [-0.25, -0.2) is 0 Å². The molecule has 0 aliphatic heterocycles. The normalized spacial score (nSPS) is 12.1. The summed E-state index contributed by atoms with van der Waals surface area (Å²) in [5.74, 6) is 1.22. The van der Waals surface area contributed by atoms with E-state index in [1.807, 2.05) is 39.0 Å². The Morgan fingerprint density at radius 1 is 1.22 bits per heavy atom. The van der Waals surface area contributed by atoms with E-state index in [0.717, 1.165) is 11.3 Å². The van der Waals surface area contributed by atoms with Crippen LogP contribution in [-0.2, 0) is 4.74 Å². The third kappa shape index (κ3) is 5.23. The second-order valence-corrected chi connectivity index (χ2v) is 7.19. The number of amides is 1. The van der Waals surface area contributed by atoms with E-state index in [9.17, 15) is 4.79 Å². The molecule has 0 saturated heterocycles. The predicted octanol–water partition coefficient (Wildman–Crippen LogP) is 3.82. The van der Waals surface area contributed by atoms with Crippen LogP contribution in [0.15, 0.2) is 22.7 Å². The Balaban J connectivity index is 2.11. The number of carbonyl (C=O) groups is 1. The third-order valence-corrected chi connectivity index (χ3v) is 4.91. The molecule has 1 aromatic heterocycles. The number of aromatic nitrogens is 2. The number of nitrogens with one attached hydrogen (secondary N) is 2. The number of methoxy groups -OCH3 is 2. The zero-order valence-electron chi connectivity index (χ0n) is 16.3. The van der Waals surface area contributed by atoms with Crippen molar-refractivity contribution in [3.05, 3.63) is 39.6 Å². The molecule has 1 heterocycles. The molecular formula is C19H26BrN3O4. The van der Waals surface area contributed by atoms with E-state index in [4.69, 9.17) is 14.2 Å². The van der Waals surface area contributed by atoms with Gasteiger partial charge in [0.05, 0.1) is 29.9 Å². The third-order valence-electron chi connectivity index (χ3n) is 4.11. The van der Waals surface area contributed by atoms with Crippen molar-refractivity contribution in [2.75, 3.05) is 27.4 Å². The molecular weight excluding hydrogens is 414 g/mol. The van der Waals surface area contributed by atoms with Crippen molar-refractivity contribution in [2.45, 2.75) is 32.7 Å². The summed E-state index contributed by atoms with van der Waals surface area (Å²) in [6, 6.07) is 5.35. The molecule has 148 valence electrons. The first-order chi connectivity index (χ1) is 12.9. The van der Waals surface area contributed by atoms with Crippen molar-refractivity contribution in [1.29, 1.82) is 0 Å². The van der Waals surface area contributed by atoms with Gasteiger partial charge in [0, 0.05) is 7.11 Å². The average Bonchev–Trinajstić information content (AvgIpc) is 3.03. The zero-order chi connectivity index (χ0) is 20.0. The van der Waals surface area contributed by atoms with E-state index < -0.39 is 0 Å². The first kappa shape index (κ1) is 21.2. The summed E-state index contributed by atoms with van der Waals surface area (Å²) in [7, 11) is 3.20. The molecule has 2 aromatic rings. The number of halogens is 1. The Morgan fingerprint density at radius 3 is 2.56 bits per heavy atom. The summed E-state index contributed by atoms with van der Waals surface area (Å²) in [5.41, 5.74) is 2.14. The lowest BCUT2D eigenvalue weighted by molar-refractivity contribution is 0.0934. The van der Waals surface area contributed by atoms with E-state index in [-0.39, 0.29) is 17.9 Å². The number of H-pyrrole nitrogens is 1. The molecule has 0 bridgehead atoms. The van der Waals surface area contributed by atoms with E-state index in [1.165, 1.54) is 0 Å². The van der Waals surface area contributed by atoms with Crippen LogP contribution >= 0.6 is 15.9 Å². The van der Waals surface area contributed by atoms with Crippen LogP contribution in [-0.4, -0.2) is 43.5 Å². The number of rotatable bonds is 9. The summed E-state index contributed by atoms with van der Waals surface area (Å²) in [4.78, 5) is 12.6. The van der Waals surface area contributed by atoms with Crippen molar-refractivity contribution in [3.63, 3.8) is 0 Å². The molecule has 7 nitrogen and oxygen atoms in total. The largest absolute Gasteiger partial charge is 0.493 e. The fraction of sp³-hybridized carbons (Fsp3) is 0.474. The minimum absolute atomic E-state index is 0.231. The summed E-state index contributed by atoms with van der Waals surface area (Å²) < 4.78 is 16.7. The Morgan fingerprint density at radius 2 is 1.96 bits per heavy atom. The highest BCUT2D eigenvalue weighted by atomic mass is 79.9. The molecule has 0 spiro atoms. The number of nitrogens with zero attached hydrogens (tertiary/aromatic N) is 1. The van der Waals surface area contributed by atoms with E-state index in [2.05, 4.69) is 31.4 Å². The van der Waals surface area contributed by atoms with Gasteiger partial charge >= 0.3 is 0 Å².